The maximum atomic E-state index is 12.8. The SMILES string of the molecule is O=C(Cc1ccccc1)N[C@@H](CCC(=O)N1CCN(c2cccc(NC3=NCCCN3)c2)CC1)C(=O)O. The maximum Gasteiger partial charge on any atom is 0.326 e. The summed E-state index contributed by atoms with van der Waals surface area (Å²) >= 11 is 0. The van der Waals surface area contributed by atoms with Crippen LogP contribution in [0.5, 0.6) is 0 Å². The lowest BCUT2D eigenvalue weighted by Gasteiger charge is -2.36. The Morgan fingerprint density at radius 1 is 1.03 bits per heavy atom. The summed E-state index contributed by atoms with van der Waals surface area (Å²) in [5.41, 5.74) is 2.83. The second-order valence-electron chi connectivity index (χ2n) is 9.21. The number of carbonyl (C=O) groups is 3. The van der Waals surface area contributed by atoms with Crippen LogP contribution in [0.2, 0.25) is 0 Å². The molecule has 37 heavy (non-hydrogen) atoms. The minimum absolute atomic E-state index is 0.0561. The number of hydrogen-bond acceptors (Lipinski definition) is 7. The van der Waals surface area contributed by atoms with Gasteiger partial charge in [0.2, 0.25) is 11.8 Å². The van der Waals surface area contributed by atoms with Crippen molar-refractivity contribution in [2.24, 2.45) is 4.99 Å². The van der Waals surface area contributed by atoms with E-state index in [1.807, 2.05) is 48.5 Å². The van der Waals surface area contributed by atoms with Crippen LogP contribution in [0.25, 0.3) is 0 Å². The molecule has 2 heterocycles. The summed E-state index contributed by atoms with van der Waals surface area (Å²) < 4.78 is 0. The molecule has 0 radical (unpaired) electrons. The molecular weight excluding hydrogens is 472 g/mol. The number of piperazine rings is 1. The van der Waals surface area contributed by atoms with Gasteiger partial charge < -0.3 is 30.9 Å². The number of nitrogens with one attached hydrogen (secondary N) is 3. The van der Waals surface area contributed by atoms with Crippen LogP contribution in [-0.2, 0) is 20.8 Å². The summed E-state index contributed by atoms with van der Waals surface area (Å²) in [5.74, 6) is -0.820. The minimum Gasteiger partial charge on any atom is -0.480 e. The molecule has 1 atom stereocenters. The monoisotopic (exact) mass is 506 g/mol. The number of anilines is 2. The third kappa shape index (κ3) is 7.70. The second kappa shape index (κ2) is 12.8. The Kier molecular flexibility index (Phi) is 8.96. The quantitative estimate of drug-likeness (QED) is 0.408. The van der Waals surface area contributed by atoms with Crippen LogP contribution < -0.4 is 20.9 Å². The number of nitrogens with zero attached hydrogens (tertiary/aromatic N) is 3. The molecule has 2 aliphatic rings. The predicted molar refractivity (Wildman–Crippen MR) is 143 cm³/mol. The Morgan fingerprint density at radius 2 is 1.81 bits per heavy atom. The molecule has 2 aromatic rings. The highest BCUT2D eigenvalue weighted by Gasteiger charge is 2.25. The number of guanidine groups is 1. The van der Waals surface area contributed by atoms with Crippen LogP contribution >= 0.6 is 0 Å². The lowest BCUT2D eigenvalue weighted by Crippen LogP contribution is -2.49. The Hall–Kier alpha value is -4.08. The normalized spacial score (nSPS) is 16.3. The summed E-state index contributed by atoms with van der Waals surface area (Å²) in [6, 6.07) is 16.2. The Labute approximate surface area is 216 Å². The van der Waals surface area contributed by atoms with Gasteiger partial charge in [0.05, 0.1) is 6.42 Å². The van der Waals surface area contributed by atoms with Crippen molar-refractivity contribution in [1.82, 2.24) is 15.5 Å². The molecule has 0 aromatic heterocycles. The van der Waals surface area contributed by atoms with E-state index in [1.165, 1.54) is 0 Å². The van der Waals surface area contributed by atoms with Crippen molar-refractivity contribution in [1.29, 1.82) is 0 Å². The number of benzene rings is 2. The molecule has 0 spiro atoms. The van der Waals surface area contributed by atoms with E-state index in [0.29, 0.717) is 26.2 Å². The van der Waals surface area contributed by atoms with Crippen molar-refractivity contribution < 1.29 is 19.5 Å². The van der Waals surface area contributed by atoms with Crippen LogP contribution in [0.15, 0.2) is 59.6 Å². The average molecular weight is 507 g/mol. The van der Waals surface area contributed by atoms with Crippen molar-refractivity contribution in [3.63, 3.8) is 0 Å². The van der Waals surface area contributed by atoms with E-state index in [1.54, 1.807) is 4.90 Å². The number of aliphatic carboxylic acids is 1. The first-order valence-corrected chi connectivity index (χ1v) is 12.7. The summed E-state index contributed by atoms with van der Waals surface area (Å²) in [4.78, 5) is 45.2. The molecule has 0 unspecified atom stereocenters. The molecule has 2 aromatic carbocycles. The van der Waals surface area contributed by atoms with Crippen LogP contribution in [0.4, 0.5) is 11.4 Å². The topological polar surface area (TPSA) is 126 Å². The number of rotatable bonds is 9. The number of amides is 2. The largest absolute Gasteiger partial charge is 0.480 e. The zero-order valence-electron chi connectivity index (χ0n) is 20.9. The molecule has 4 N–H and O–H groups in total. The minimum atomic E-state index is -1.14. The Morgan fingerprint density at radius 3 is 2.51 bits per heavy atom. The molecule has 2 aliphatic heterocycles. The molecule has 196 valence electrons. The van der Waals surface area contributed by atoms with Gasteiger partial charge in [-0.25, -0.2) is 4.79 Å². The van der Waals surface area contributed by atoms with E-state index < -0.39 is 12.0 Å². The Bertz CT molecular complexity index is 1110. The van der Waals surface area contributed by atoms with Gasteiger partial charge in [-0.3, -0.25) is 14.6 Å². The first-order valence-electron chi connectivity index (χ1n) is 12.7. The van der Waals surface area contributed by atoms with Crippen molar-refractivity contribution in [3.8, 4) is 0 Å². The molecule has 10 heteroatoms. The first-order chi connectivity index (χ1) is 18.0. The zero-order chi connectivity index (χ0) is 26.0. The lowest BCUT2D eigenvalue weighted by atomic mass is 10.1. The number of carbonyl (C=O) groups excluding carboxylic acids is 2. The molecule has 1 saturated heterocycles. The molecular formula is C27H34N6O4. The molecule has 0 saturated carbocycles. The third-order valence-electron chi connectivity index (χ3n) is 6.49. The highest BCUT2D eigenvalue weighted by Crippen LogP contribution is 2.21. The average Bonchev–Trinajstić information content (AvgIpc) is 2.92. The van der Waals surface area contributed by atoms with Crippen molar-refractivity contribution in [2.75, 3.05) is 49.5 Å². The van der Waals surface area contributed by atoms with Crippen molar-refractivity contribution in [3.05, 3.63) is 60.2 Å². The highest BCUT2D eigenvalue weighted by molar-refractivity contribution is 5.94. The fraction of sp³-hybridized carbons (Fsp3) is 0.407. The maximum absolute atomic E-state index is 12.8. The molecule has 4 rings (SSSR count). The summed E-state index contributed by atoms with van der Waals surface area (Å²) in [6.07, 6.45) is 1.26. The molecule has 2 amide bonds. The lowest BCUT2D eigenvalue weighted by molar-refractivity contribution is -0.142. The summed E-state index contributed by atoms with van der Waals surface area (Å²) in [5, 5.41) is 18.7. The van der Waals surface area contributed by atoms with E-state index in [9.17, 15) is 19.5 Å². The fourth-order valence-electron chi connectivity index (χ4n) is 4.46. The van der Waals surface area contributed by atoms with Gasteiger partial charge in [0.15, 0.2) is 5.96 Å². The standard InChI is InChI=1S/C27H34N6O4/c34-24(18-20-6-2-1-3-7-20)31-23(26(36)37)10-11-25(35)33-16-14-32(15-17-33)22-9-4-8-21(19-22)30-27-28-12-5-13-29-27/h1-4,6-9,19,23H,5,10-18H2,(H,31,34)(H,36,37)(H2,28,29,30)/t23-/m0/s1. The van der Waals surface area contributed by atoms with Gasteiger partial charge in [-0.1, -0.05) is 36.4 Å². The van der Waals surface area contributed by atoms with E-state index in [0.717, 1.165) is 42.4 Å². The second-order valence-corrected chi connectivity index (χ2v) is 9.21. The van der Waals surface area contributed by atoms with Crippen LogP contribution in [0, 0.1) is 0 Å². The summed E-state index contributed by atoms with van der Waals surface area (Å²) in [7, 11) is 0. The number of carboxylic acid groups (broad SMARTS) is 1. The molecule has 0 bridgehead atoms. The fourth-order valence-corrected chi connectivity index (χ4v) is 4.46. The van der Waals surface area contributed by atoms with Crippen molar-refractivity contribution in [2.45, 2.75) is 31.7 Å². The van der Waals surface area contributed by atoms with Gasteiger partial charge in [-0.05, 0) is 36.6 Å². The number of hydrogen-bond donors (Lipinski definition) is 4. The van der Waals surface area contributed by atoms with Gasteiger partial charge in [0.1, 0.15) is 6.04 Å². The smallest absolute Gasteiger partial charge is 0.326 e. The molecule has 0 aliphatic carbocycles. The van der Waals surface area contributed by atoms with E-state index >= 15 is 0 Å². The van der Waals surface area contributed by atoms with Crippen LogP contribution in [-0.4, -0.2) is 79.1 Å². The summed E-state index contributed by atoms with van der Waals surface area (Å²) in [6.45, 7) is 4.22. The van der Waals surface area contributed by atoms with E-state index in [-0.39, 0.29) is 31.1 Å². The highest BCUT2D eigenvalue weighted by atomic mass is 16.4. The van der Waals surface area contributed by atoms with E-state index in [2.05, 4.69) is 31.9 Å². The van der Waals surface area contributed by atoms with Gasteiger partial charge in [0.25, 0.3) is 0 Å². The van der Waals surface area contributed by atoms with Gasteiger partial charge >= 0.3 is 5.97 Å². The van der Waals surface area contributed by atoms with Crippen molar-refractivity contribution >= 4 is 35.1 Å². The predicted octanol–water partition coefficient (Wildman–Crippen LogP) is 1.69. The number of carboxylic acids is 1. The zero-order valence-corrected chi connectivity index (χ0v) is 20.9. The molecule has 10 nitrogen and oxygen atoms in total. The Balaban J connectivity index is 1.23. The number of aliphatic imine (C=N–C) groups is 1. The van der Waals surface area contributed by atoms with E-state index in [4.69, 9.17) is 0 Å². The van der Waals surface area contributed by atoms with Gasteiger partial charge in [-0.2, -0.15) is 0 Å². The van der Waals surface area contributed by atoms with Crippen LogP contribution in [0.1, 0.15) is 24.8 Å². The molecule has 1 fully saturated rings. The van der Waals surface area contributed by atoms with Crippen LogP contribution in [0.3, 0.4) is 0 Å². The van der Waals surface area contributed by atoms with Gasteiger partial charge in [0, 0.05) is 57.1 Å². The first kappa shape index (κ1) is 26.0. The third-order valence-corrected chi connectivity index (χ3v) is 6.49. The van der Waals surface area contributed by atoms with Gasteiger partial charge in [-0.15, -0.1) is 0 Å².